The molecular formula is C12H14ClNO4S. The van der Waals surface area contributed by atoms with E-state index in [1.807, 2.05) is 0 Å². The summed E-state index contributed by atoms with van der Waals surface area (Å²) in [6.45, 7) is 0.914. The minimum absolute atomic E-state index is 0.0688. The van der Waals surface area contributed by atoms with E-state index in [0.29, 0.717) is 37.6 Å². The molecule has 0 aromatic heterocycles. The van der Waals surface area contributed by atoms with Crippen molar-refractivity contribution >= 4 is 21.6 Å². The molecular weight excluding hydrogens is 290 g/mol. The van der Waals surface area contributed by atoms with Crippen LogP contribution in [0.4, 0.5) is 0 Å². The predicted octanol–water partition coefficient (Wildman–Crippen LogP) is 1.51. The molecule has 1 aliphatic carbocycles. The molecule has 5 nitrogen and oxygen atoms in total. The van der Waals surface area contributed by atoms with Gasteiger partial charge in [0.2, 0.25) is 10.0 Å². The highest BCUT2D eigenvalue weighted by Crippen LogP contribution is 2.33. The van der Waals surface area contributed by atoms with E-state index in [0.717, 1.165) is 0 Å². The molecule has 0 radical (unpaired) electrons. The van der Waals surface area contributed by atoms with E-state index in [9.17, 15) is 8.42 Å². The summed E-state index contributed by atoms with van der Waals surface area (Å²) in [6, 6.07) is 4.56. The van der Waals surface area contributed by atoms with Crippen molar-refractivity contribution in [2.24, 2.45) is 0 Å². The van der Waals surface area contributed by atoms with Crippen molar-refractivity contribution in [3.63, 3.8) is 0 Å². The molecule has 1 fully saturated rings. The number of ether oxygens (including phenoxy) is 2. The fourth-order valence-electron chi connectivity index (χ4n) is 2.12. The monoisotopic (exact) mass is 303 g/mol. The summed E-state index contributed by atoms with van der Waals surface area (Å²) < 4.78 is 37.7. The summed E-state index contributed by atoms with van der Waals surface area (Å²) in [6.07, 6.45) is 1.34. The largest absolute Gasteiger partial charge is 0.486 e. The molecule has 19 heavy (non-hydrogen) atoms. The third-order valence-corrected chi connectivity index (χ3v) is 5.10. The van der Waals surface area contributed by atoms with Crippen LogP contribution < -0.4 is 14.2 Å². The number of fused-ring (bicyclic) bond motifs is 1. The molecule has 0 amide bonds. The highest BCUT2D eigenvalue weighted by atomic mass is 35.5. The molecule has 2 aliphatic rings. The fraction of sp³-hybridized carbons (Fsp3) is 0.500. The zero-order chi connectivity index (χ0) is 13.5. The standard InChI is InChI=1S/C12H14ClNO4S/c13-8-5-9(6-8)14-19(15,16)10-1-2-11-12(7-10)18-4-3-17-11/h1-2,7-9,14H,3-6H2. The van der Waals surface area contributed by atoms with Crippen LogP contribution in [0.15, 0.2) is 23.1 Å². The molecule has 0 unspecified atom stereocenters. The second-order valence-electron chi connectivity index (χ2n) is 4.69. The molecule has 1 aromatic rings. The van der Waals surface area contributed by atoms with E-state index in [2.05, 4.69) is 4.72 Å². The van der Waals surface area contributed by atoms with Crippen molar-refractivity contribution < 1.29 is 17.9 Å². The lowest BCUT2D eigenvalue weighted by Gasteiger charge is -2.31. The van der Waals surface area contributed by atoms with Gasteiger partial charge >= 0.3 is 0 Å². The average molecular weight is 304 g/mol. The first-order valence-corrected chi connectivity index (χ1v) is 8.02. The molecule has 1 N–H and O–H groups in total. The molecule has 104 valence electrons. The van der Waals surface area contributed by atoms with Gasteiger partial charge in [-0.25, -0.2) is 13.1 Å². The second kappa shape index (κ2) is 4.85. The second-order valence-corrected chi connectivity index (χ2v) is 7.02. The average Bonchev–Trinajstić information content (AvgIpc) is 2.36. The van der Waals surface area contributed by atoms with Gasteiger partial charge in [0.1, 0.15) is 13.2 Å². The zero-order valence-electron chi connectivity index (χ0n) is 10.1. The maximum Gasteiger partial charge on any atom is 0.240 e. The molecule has 0 spiro atoms. The van der Waals surface area contributed by atoms with Crippen molar-refractivity contribution in [2.75, 3.05) is 13.2 Å². The fourth-order valence-corrected chi connectivity index (χ4v) is 3.83. The molecule has 1 saturated carbocycles. The van der Waals surface area contributed by atoms with Gasteiger partial charge in [-0.1, -0.05) is 0 Å². The summed E-state index contributed by atoms with van der Waals surface area (Å²) >= 11 is 5.84. The number of hydrogen-bond acceptors (Lipinski definition) is 4. The maximum absolute atomic E-state index is 12.2. The van der Waals surface area contributed by atoms with Crippen molar-refractivity contribution in [3.05, 3.63) is 18.2 Å². The first-order valence-electron chi connectivity index (χ1n) is 6.11. The highest BCUT2D eigenvalue weighted by Gasteiger charge is 2.31. The van der Waals surface area contributed by atoms with Gasteiger partial charge in [0.15, 0.2) is 11.5 Å². The first kappa shape index (κ1) is 13.0. The number of alkyl halides is 1. The topological polar surface area (TPSA) is 64.6 Å². The van der Waals surface area contributed by atoms with Crippen LogP contribution in [0.3, 0.4) is 0 Å². The minimum atomic E-state index is -3.52. The highest BCUT2D eigenvalue weighted by molar-refractivity contribution is 7.89. The van der Waals surface area contributed by atoms with Crippen LogP contribution in [0.25, 0.3) is 0 Å². The quantitative estimate of drug-likeness (QED) is 0.860. The van der Waals surface area contributed by atoms with Crippen molar-refractivity contribution in [2.45, 2.75) is 29.2 Å². The first-order chi connectivity index (χ1) is 9.04. The lowest BCUT2D eigenvalue weighted by molar-refractivity contribution is 0.171. The van der Waals surface area contributed by atoms with E-state index in [-0.39, 0.29) is 16.3 Å². The van der Waals surface area contributed by atoms with Gasteiger partial charge in [-0.3, -0.25) is 0 Å². The molecule has 0 bridgehead atoms. The lowest BCUT2D eigenvalue weighted by atomic mass is 9.94. The van der Waals surface area contributed by atoms with Crippen LogP contribution >= 0.6 is 11.6 Å². The summed E-state index contributed by atoms with van der Waals surface area (Å²) in [5, 5.41) is 0.0768. The Kier molecular flexibility index (Phi) is 3.32. The van der Waals surface area contributed by atoms with Gasteiger partial charge in [-0.05, 0) is 25.0 Å². The number of rotatable bonds is 3. The van der Waals surface area contributed by atoms with Crippen LogP contribution in [0.1, 0.15) is 12.8 Å². The Hall–Kier alpha value is -0.980. The Balaban J connectivity index is 1.80. The Morgan fingerprint density at radius 2 is 1.84 bits per heavy atom. The van der Waals surface area contributed by atoms with Crippen LogP contribution in [0.2, 0.25) is 0 Å². The van der Waals surface area contributed by atoms with E-state index in [1.54, 1.807) is 6.07 Å². The number of benzene rings is 1. The SMILES string of the molecule is O=S(=O)(NC1CC(Cl)C1)c1ccc2c(c1)OCCO2. The summed E-state index contributed by atoms with van der Waals surface area (Å²) in [5.74, 6) is 1.05. The summed E-state index contributed by atoms with van der Waals surface area (Å²) in [7, 11) is -3.52. The van der Waals surface area contributed by atoms with E-state index >= 15 is 0 Å². The van der Waals surface area contributed by atoms with Crippen LogP contribution in [-0.2, 0) is 10.0 Å². The Labute approximate surface area is 116 Å². The van der Waals surface area contributed by atoms with Gasteiger partial charge < -0.3 is 9.47 Å². The Bertz CT molecular complexity index is 583. The number of hydrogen-bond donors (Lipinski definition) is 1. The maximum atomic E-state index is 12.2. The van der Waals surface area contributed by atoms with Crippen LogP contribution in [0, 0.1) is 0 Å². The van der Waals surface area contributed by atoms with Crippen molar-refractivity contribution in [1.29, 1.82) is 0 Å². The van der Waals surface area contributed by atoms with Gasteiger partial charge in [-0.15, -0.1) is 11.6 Å². The Morgan fingerprint density at radius 3 is 2.53 bits per heavy atom. The van der Waals surface area contributed by atoms with E-state index in [4.69, 9.17) is 21.1 Å². The van der Waals surface area contributed by atoms with Crippen LogP contribution in [0.5, 0.6) is 11.5 Å². The molecule has 1 heterocycles. The van der Waals surface area contributed by atoms with Gasteiger partial charge in [-0.2, -0.15) is 0 Å². The van der Waals surface area contributed by atoms with E-state index in [1.165, 1.54) is 12.1 Å². The molecule has 0 atom stereocenters. The van der Waals surface area contributed by atoms with Crippen molar-refractivity contribution in [1.82, 2.24) is 4.72 Å². The molecule has 3 rings (SSSR count). The number of nitrogens with one attached hydrogen (secondary N) is 1. The normalized spacial score (nSPS) is 25.7. The Morgan fingerprint density at radius 1 is 1.16 bits per heavy atom. The summed E-state index contributed by atoms with van der Waals surface area (Å²) in [5.41, 5.74) is 0. The van der Waals surface area contributed by atoms with Gasteiger partial charge in [0.25, 0.3) is 0 Å². The van der Waals surface area contributed by atoms with Gasteiger partial charge in [0, 0.05) is 17.5 Å². The predicted molar refractivity (Wildman–Crippen MR) is 70.4 cm³/mol. The molecule has 1 aromatic carbocycles. The minimum Gasteiger partial charge on any atom is -0.486 e. The lowest BCUT2D eigenvalue weighted by Crippen LogP contribution is -2.44. The van der Waals surface area contributed by atoms with Gasteiger partial charge in [0.05, 0.1) is 4.90 Å². The van der Waals surface area contributed by atoms with E-state index < -0.39 is 10.0 Å². The number of halogens is 1. The smallest absolute Gasteiger partial charge is 0.240 e. The van der Waals surface area contributed by atoms with Crippen molar-refractivity contribution in [3.8, 4) is 11.5 Å². The third-order valence-electron chi connectivity index (χ3n) is 3.23. The summed E-state index contributed by atoms with van der Waals surface area (Å²) in [4.78, 5) is 0.190. The molecule has 0 saturated heterocycles. The molecule has 1 aliphatic heterocycles. The molecule has 7 heteroatoms. The number of sulfonamides is 1. The zero-order valence-corrected chi connectivity index (χ0v) is 11.7. The van der Waals surface area contributed by atoms with Crippen LogP contribution in [-0.4, -0.2) is 33.1 Å². The third kappa shape index (κ3) is 2.66.